The maximum atomic E-state index is 4.16. The van der Waals surface area contributed by atoms with Crippen molar-refractivity contribution in [2.24, 2.45) is 0 Å². The number of thiol groups is 1. The summed E-state index contributed by atoms with van der Waals surface area (Å²) in [7, 11) is 0. The van der Waals surface area contributed by atoms with Gasteiger partial charge in [0.1, 0.15) is 0 Å². The molecule has 1 aromatic heterocycles. The summed E-state index contributed by atoms with van der Waals surface area (Å²) in [5.74, 6) is 0. The van der Waals surface area contributed by atoms with Gasteiger partial charge in [-0.15, -0.1) is 24.0 Å². The minimum absolute atomic E-state index is 1.01. The van der Waals surface area contributed by atoms with Crippen molar-refractivity contribution in [1.29, 1.82) is 0 Å². The van der Waals surface area contributed by atoms with Gasteiger partial charge in [0.15, 0.2) is 0 Å². The van der Waals surface area contributed by atoms with Crippen LogP contribution in [-0.4, -0.2) is 0 Å². The third-order valence-corrected chi connectivity index (χ3v) is 3.79. The second-order valence-electron chi connectivity index (χ2n) is 1.20. The largest absolute Gasteiger partial charge is 0.132 e. The highest BCUT2D eigenvalue weighted by molar-refractivity contribution is 9.11. The van der Waals surface area contributed by atoms with Gasteiger partial charge >= 0.3 is 0 Å². The lowest BCUT2D eigenvalue weighted by atomic mass is 10.7. The Bertz CT molecular complexity index is 174. The fraction of sp³-hybridized carbons (Fsp3) is 0. The molecular formula is C4H2Br2S2. The molecule has 0 aliphatic rings. The van der Waals surface area contributed by atoms with Gasteiger partial charge in [0.05, 0.1) is 8.00 Å². The number of halogens is 2. The molecule has 0 fully saturated rings. The first kappa shape index (κ1) is 7.12. The normalized spacial score (nSPS) is 9.88. The summed E-state index contributed by atoms with van der Waals surface area (Å²) in [6.07, 6.45) is 0. The molecule has 0 radical (unpaired) electrons. The van der Waals surface area contributed by atoms with E-state index < -0.39 is 0 Å². The summed E-state index contributed by atoms with van der Waals surface area (Å²) in [6.45, 7) is 0. The summed E-state index contributed by atoms with van der Waals surface area (Å²) in [5.41, 5.74) is 0. The van der Waals surface area contributed by atoms with Gasteiger partial charge in [-0.2, -0.15) is 0 Å². The molecule has 0 nitrogen and oxygen atoms in total. The van der Waals surface area contributed by atoms with E-state index in [2.05, 4.69) is 44.5 Å². The van der Waals surface area contributed by atoms with Gasteiger partial charge < -0.3 is 0 Å². The average Bonchev–Trinajstić information content (AvgIpc) is 1.85. The van der Waals surface area contributed by atoms with E-state index in [1.165, 1.54) is 0 Å². The second-order valence-corrected chi connectivity index (χ2v) is 5.24. The van der Waals surface area contributed by atoms with E-state index in [0.717, 1.165) is 12.5 Å². The molecule has 8 heavy (non-hydrogen) atoms. The Morgan fingerprint density at radius 1 is 1.50 bits per heavy atom. The molecule has 1 heterocycles. The van der Waals surface area contributed by atoms with Crippen LogP contribution in [0.1, 0.15) is 0 Å². The summed E-state index contributed by atoms with van der Waals surface area (Å²) in [4.78, 5) is 0. The average molecular weight is 274 g/mol. The second kappa shape index (κ2) is 2.73. The number of rotatable bonds is 0. The first-order valence-electron chi connectivity index (χ1n) is 1.84. The smallest absolute Gasteiger partial charge is 0.0722 e. The van der Waals surface area contributed by atoms with Crippen LogP contribution in [0.4, 0.5) is 0 Å². The highest BCUT2D eigenvalue weighted by Gasteiger charge is 1.98. The van der Waals surface area contributed by atoms with Crippen LogP contribution in [0.15, 0.2) is 18.5 Å². The van der Waals surface area contributed by atoms with Crippen LogP contribution in [0.25, 0.3) is 0 Å². The molecule has 0 aliphatic carbocycles. The first-order valence-corrected chi connectivity index (χ1v) is 4.69. The fourth-order valence-corrected chi connectivity index (χ4v) is 3.23. The van der Waals surface area contributed by atoms with Gasteiger partial charge in [-0.25, -0.2) is 0 Å². The Labute approximate surface area is 74.0 Å². The molecule has 0 unspecified atom stereocenters. The molecule has 0 saturated carbocycles. The van der Waals surface area contributed by atoms with Crippen molar-refractivity contribution in [2.75, 3.05) is 0 Å². The lowest BCUT2D eigenvalue weighted by molar-refractivity contribution is 1.65. The van der Waals surface area contributed by atoms with Gasteiger partial charge in [0.25, 0.3) is 0 Å². The lowest BCUT2D eigenvalue weighted by Gasteiger charge is -1.76. The molecule has 0 spiro atoms. The molecule has 0 aromatic carbocycles. The summed E-state index contributed by atoms with van der Waals surface area (Å²) < 4.78 is 3.17. The van der Waals surface area contributed by atoms with E-state index in [-0.39, 0.29) is 0 Å². The van der Waals surface area contributed by atoms with Crippen molar-refractivity contribution >= 4 is 55.8 Å². The van der Waals surface area contributed by atoms with Crippen molar-refractivity contribution in [3.05, 3.63) is 14.3 Å². The zero-order chi connectivity index (χ0) is 6.15. The molecule has 4 heteroatoms. The zero-order valence-electron chi connectivity index (χ0n) is 3.69. The predicted molar refractivity (Wildman–Crippen MR) is 47.0 cm³/mol. The van der Waals surface area contributed by atoms with E-state index in [4.69, 9.17) is 0 Å². The molecule has 0 saturated heterocycles. The highest BCUT2D eigenvalue weighted by Crippen LogP contribution is 2.33. The molecule has 1 aromatic rings. The Morgan fingerprint density at radius 3 is 2.25 bits per heavy atom. The number of hydrogen-bond acceptors (Lipinski definition) is 2. The molecule has 0 atom stereocenters. The van der Waals surface area contributed by atoms with Gasteiger partial charge in [-0.3, -0.25) is 0 Å². The molecule has 44 valence electrons. The molecule has 1 rings (SSSR count). The van der Waals surface area contributed by atoms with Gasteiger partial charge in [-0.05, 0) is 37.9 Å². The van der Waals surface area contributed by atoms with Crippen LogP contribution in [0.2, 0.25) is 0 Å². The Kier molecular flexibility index (Phi) is 2.43. The first-order chi connectivity index (χ1) is 3.70. The quantitative estimate of drug-likeness (QED) is 0.687. The number of hydrogen-bond donors (Lipinski definition) is 1. The number of thiophene rings is 1. The van der Waals surface area contributed by atoms with Crippen LogP contribution in [0, 0.1) is 0 Å². The molecule has 0 N–H and O–H groups in total. The van der Waals surface area contributed by atoms with Crippen LogP contribution in [0.3, 0.4) is 0 Å². The minimum atomic E-state index is 1.01. The minimum Gasteiger partial charge on any atom is -0.132 e. The van der Waals surface area contributed by atoms with Crippen LogP contribution >= 0.6 is 55.8 Å². The van der Waals surface area contributed by atoms with Crippen molar-refractivity contribution in [1.82, 2.24) is 0 Å². The van der Waals surface area contributed by atoms with E-state index in [0.29, 0.717) is 0 Å². The van der Waals surface area contributed by atoms with Gasteiger partial charge in [0, 0.05) is 4.47 Å². The third kappa shape index (κ3) is 1.50. The zero-order valence-corrected chi connectivity index (χ0v) is 8.57. The van der Waals surface area contributed by atoms with E-state index >= 15 is 0 Å². The van der Waals surface area contributed by atoms with E-state index in [1.54, 1.807) is 11.3 Å². The van der Waals surface area contributed by atoms with Crippen molar-refractivity contribution in [2.45, 2.75) is 4.21 Å². The maximum absolute atomic E-state index is 4.16. The fourth-order valence-electron chi connectivity index (χ4n) is 0.332. The van der Waals surface area contributed by atoms with Gasteiger partial charge in [-0.1, -0.05) is 0 Å². The van der Waals surface area contributed by atoms with Crippen molar-refractivity contribution < 1.29 is 0 Å². The Morgan fingerprint density at radius 2 is 2.12 bits per heavy atom. The van der Waals surface area contributed by atoms with Crippen LogP contribution in [0.5, 0.6) is 0 Å². The van der Waals surface area contributed by atoms with Crippen molar-refractivity contribution in [3.63, 3.8) is 0 Å². The molecule has 0 amide bonds. The topological polar surface area (TPSA) is 0 Å². The van der Waals surface area contributed by atoms with Crippen molar-refractivity contribution in [3.8, 4) is 0 Å². The van der Waals surface area contributed by atoms with Gasteiger partial charge in [0.2, 0.25) is 0 Å². The summed E-state index contributed by atoms with van der Waals surface area (Å²) >= 11 is 12.4. The van der Waals surface area contributed by atoms with E-state index in [9.17, 15) is 0 Å². The summed E-state index contributed by atoms with van der Waals surface area (Å²) in [5, 5.41) is 0. The Balaban J connectivity index is 3.14. The molecule has 0 aliphatic heterocycles. The molecule has 0 bridgehead atoms. The van der Waals surface area contributed by atoms with E-state index in [1.807, 2.05) is 6.07 Å². The predicted octanol–water partition coefficient (Wildman–Crippen LogP) is 3.56. The Hall–Kier alpha value is 1.01. The third-order valence-electron chi connectivity index (χ3n) is 0.639. The lowest BCUT2D eigenvalue weighted by Crippen LogP contribution is -1.46. The highest BCUT2D eigenvalue weighted by atomic mass is 79.9. The monoisotopic (exact) mass is 272 g/mol. The maximum Gasteiger partial charge on any atom is 0.0722 e. The van der Waals surface area contributed by atoms with Crippen LogP contribution < -0.4 is 0 Å². The summed E-state index contributed by atoms with van der Waals surface area (Å²) in [6, 6.07) is 1.98. The standard InChI is InChI=1S/C4H2Br2S2/c5-2-1-3(6)8-4(2)7/h1,7H. The molecular weight excluding hydrogens is 272 g/mol. The SMILES string of the molecule is Sc1sc(Br)cc1Br. The van der Waals surface area contributed by atoms with Crippen LogP contribution in [-0.2, 0) is 0 Å².